The van der Waals surface area contributed by atoms with Gasteiger partial charge in [0.2, 0.25) is 5.91 Å². The molecule has 2 N–H and O–H groups in total. The number of fused-ring (bicyclic) bond motifs is 1. The van der Waals surface area contributed by atoms with Gasteiger partial charge in [0.15, 0.2) is 5.13 Å². The largest absolute Gasteiger partial charge is 0.358 e. The monoisotopic (exact) mass is 271 g/mol. The Morgan fingerprint density at radius 2 is 2.16 bits per heavy atom. The third kappa shape index (κ3) is 2.13. The third-order valence-corrected chi connectivity index (χ3v) is 3.69. The molecule has 1 amide bonds. The molecule has 2 aromatic heterocycles. The van der Waals surface area contributed by atoms with Crippen LogP contribution in [0.15, 0.2) is 29.6 Å². The van der Waals surface area contributed by atoms with Gasteiger partial charge >= 0.3 is 0 Å². The zero-order valence-corrected chi connectivity index (χ0v) is 11.5. The molecule has 3 aromatic rings. The summed E-state index contributed by atoms with van der Waals surface area (Å²) in [6.45, 7) is 3.52. The van der Waals surface area contributed by atoms with Gasteiger partial charge < -0.3 is 10.3 Å². The molecule has 0 fully saturated rings. The van der Waals surface area contributed by atoms with Gasteiger partial charge in [-0.15, -0.1) is 11.3 Å². The molecule has 4 nitrogen and oxygen atoms in total. The number of hydrogen-bond acceptors (Lipinski definition) is 3. The lowest BCUT2D eigenvalue weighted by atomic mass is 10.1. The van der Waals surface area contributed by atoms with E-state index in [0.29, 0.717) is 5.13 Å². The summed E-state index contributed by atoms with van der Waals surface area (Å²) >= 11 is 1.44. The van der Waals surface area contributed by atoms with Crippen molar-refractivity contribution in [3.63, 3.8) is 0 Å². The zero-order chi connectivity index (χ0) is 13.4. The van der Waals surface area contributed by atoms with E-state index in [-0.39, 0.29) is 5.91 Å². The molecule has 0 bridgehead atoms. The van der Waals surface area contributed by atoms with Gasteiger partial charge in [0.25, 0.3) is 0 Å². The van der Waals surface area contributed by atoms with E-state index in [1.165, 1.54) is 18.3 Å². The molecule has 0 saturated carbocycles. The van der Waals surface area contributed by atoms with Crippen LogP contribution >= 0.6 is 11.3 Å². The van der Waals surface area contributed by atoms with Crippen LogP contribution in [0, 0.1) is 6.92 Å². The minimum atomic E-state index is -0.100. The van der Waals surface area contributed by atoms with E-state index in [1.54, 1.807) is 0 Å². The second kappa shape index (κ2) is 4.51. The number of thiazole rings is 1. The molecule has 0 unspecified atom stereocenters. The molecule has 2 heterocycles. The Labute approximate surface area is 114 Å². The number of hydrogen-bond donors (Lipinski definition) is 2. The van der Waals surface area contributed by atoms with E-state index in [2.05, 4.69) is 21.4 Å². The fourth-order valence-electron chi connectivity index (χ4n) is 2.20. The highest BCUT2D eigenvalue weighted by Crippen LogP contribution is 2.33. The van der Waals surface area contributed by atoms with Crippen molar-refractivity contribution < 1.29 is 4.79 Å². The molecule has 0 aliphatic rings. The minimum Gasteiger partial charge on any atom is -0.358 e. The van der Waals surface area contributed by atoms with Crippen molar-refractivity contribution in [2.75, 3.05) is 5.32 Å². The van der Waals surface area contributed by atoms with Crippen LogP contribution in [0.4, 0.5) is 5.13 Å². The van der Waals surface area contributed by atoms with Gasteiger partial charge in [0, 0.05) is 34.5 Å². The van der Waals surface area contributed by atoms with E-state index in [0.717, 1.165) is 27.9 Å². The summed E-state index contributed by atoms with van der Waals surface area (Å²) < 4.78 is 0. The highest BCUT2D eigenvalue weighted by molar-refractivity contribution is 7.14. The third-order valence-electron chi connectivity index (χ3n) is 2.94. The number of carbonyl (C=O) groups is 1. The van der Waals surface area contributed by atoms with Gasteiger partial charge in [0.1, 0.15) is 0 Å². The first kappa shape index (κ1) is 11.9. The second-order valence-electron chi connectivity index (χ2n) is 4.39. The Morgan fingerprint density at radius 3 is 2.95 bits per heavy atom. The smallest absolute Gasteiger partial charge is 0.223 e. The first-order valence-corrected chi connectivity index (χ1v) is 6.84. The first-order valence-electron chi connectivity index (χ1n) is 5.96. The maximum atomic E-state index is 11.0. The number of nitrogens with zero attached hydrogens (tertiary/aromatic N) is 1. The highest BCUT2D eigenvalue weighted by atomic mass is 32.1. The maximum Gasteiger partial charge on any atom is 0.223 e. The van der Waals surface area contributed by atoms with Crippen LogP contribution < -0.4 is 5.32 Å². The molecule has 0 spiro atoms. The summed E-state index contributed by atoms with van der Waals surface area (Å²) in [5, 5.41) is 6.46. The Kier molecular flexibility index (Phi) is 2.83. The van der Waals surface area contributed by atoms with E-state index in [9.17, 15) is 4.79 Å². The topological polar surface area (TPSA) is 57.8 Å². The van der Waals surface area contributed by atoms with Gasteiger partial charge in [0.05, 0.1) is 5.69 Å². The number of para-hydroxylation sites is 1. The average Bonchev–Trinajstić information content (AvgIpc) is 2.91. The Balaban J connectivity index is 2.11. The van der Waals surface area contributed by atoms with Gasteiger partial charge in [-0.25, -0.2) is 4.98 Å². The quantitative estimate of drug-likeness (QED) is 0.748. The molecule has 0 aliphatic carbocycles. The summed E-state index contributed by atoms with van der Waals surface area (Å²) in [6.07, 6.45) is 0. The predicted molar refractivity (Wildman–Crippen MR) is 78.4 cm³/mol. The van der Waals surface area contributed by atoms with E-state index >= 15 is 0 Å². The molecule has 3 rings (SSSR count). The van der Waals surface area contributed by atoms with Crippen molar-refractivity contribution in [1.29, 1.82) is 0 Å². The van der Waals surface area contributed by atoms with Crippen LogP contribution in [0.25, 0.3) is 22.2 Å². The predicted octanol–water partition coefficient (Wildman–Crippen LogP) is 3.56. The van der Waals surface area contributed by atoms with Crippen LogP contribution in [0.1, 0.15) is 12.6 Å². The van der Waals surface area contributed by atoms with E-state index in [4.69, 9.17) is 0 Å². The molecule has 96 valence electrons. The molecule has 1 aromatic carbocycles. The second-order valence-corrected chi connectivity index (χ2v) is 5.25. The SMILES string of the molecule is CC(=O)Nc1nc(-c2c(C)[nH]c3ccccc23)cs1. The van der Waals surface area contributed by atoms with Crippen molar-refractivity contribution in [2.45, 2.75) is 13.8 Å². The lowest BCUT2D eigenvalue weighted by molar-refractivity contribution is -0.114. The fourth-order valence-corrected chi connectivity index (χ4v) is 2.95. The first-order chi connectivity index (χ1) is 9.15. The van der Waals surface area contributed by atoms with Crippen LogP contribution in [0.5, 0.6) is 0 Å². The van der Waals surface area contributed by atoms with Crippen molar-refractivity contribution in [2.24, 2.45) is 0 Å². The Bertz CT molecular complexity index is 757. The number of aromatic amines is 1. The van der Waals surface area contributed by atoms with Crippen molar-refractivity contribution in [1.82, 2.24) is 9.97 Å². The van der Waals surface area contributed by atoms with Crippen LogP contribution in [-0.2, 0) is 4.79 Å². The molecule has 0 atom stereocenters. The normalized spacial score (nSPS) is 10.8. The lowest BCUT2D eigenvalue weighted by Gasteiger charge is -1.97. The van der Waals surface area contributed by atoms with Crippen LogP contribution in [0.2, 0.25) is 0 Å². The number of aryl methyl sites for hydroxylation is 1. The number of aromatic nitrogens is 2. The number of carbonyl (C=O) groups excluding carboxylic acids is 1. The molecule has 0 aliphatic heterocycles. The van der Waals surface area contributed by atoms with Crippen molar-refractivity contribution in [3.05, 3.63) is 35.3 Å². The number of nitrogens with one attached hydrogen (secondary N) is 2. The summed E-state index contributed by atoms with van der Waals surface area (Å²) in [5.74, 6) is -0.100. The number of amides is 1. The summed E-state index contributed by atoms with van der Waals surface area (Å²) in [4.78, 5) is 18.9. The average molecular weight is 271 g/mol. The molecular formula is C14H13N3OS. The Morgan fingerprint density at radius 1 is 1.37 bits per heavy atom. The summed E-state index contributed by atoms with van der Waals surface area (Å²) in [5.41, 5.74) is 4.18. The highest BCUT2D eigenvalue weighted by Gasteiger charge is 2.13. The minimum absolute atomic E-state index is 0.100. The van der Waals surface area contributed by atoms with Gasteiger partial charge in [-0.2, -0.15) is 0 Å². The fraction of sp³-hybridized carbons (Fsp3) is 0.143. The summed E-state index contributed by atoms with van der Waals surface area (Å²) in [6, 6.07) is 8.14. The standard InChI is InChI=1S/C14H13N3OS/c1-8-13(10-5-3-4-6-11(10)15-8)12-7-19-14(17-12)16-9(2)18/h3-7,15H,1-2H3,(H,16,17,18). The molecule has 0 radical (unpaired) electrons. The molecule has 0 saturated heterocycles. The van der Waals surface area contributed by atoms with Gasteiger partial charge in [-0.1, -0.05) is 18.2 Å². The molecular weight excluding hydrogens is 258 g/mol. The van der Waals surface area contributed by atoms with Crippen molar-refractivity contribution in [3.8, 4) is 11.3 Å². The number of benzene rings is 1. The van der Waals surface area contributed by atoms with Gasteiger partial charge in [-0.05, 0) is 13.0 Å². The van der Waals surface area contributed by atoms with Crippen molar-refractivity contribution >= 4 is 33.3 Å². The number of anilines is 1. The lowest BCUT2D eigenvalue weighted by Crippen LogP contribution is -2.04. The van der Waals surface area contributed by atoms with E-state index in [1.807, 2.05) is 30.5 Å². The van der Waals surface area contributed by atoms with Gasteiger partial charge in [-0.3, -0.25) is 4.79 Å². The van der Waals surface area contributed by atoms with Crippen LogP contribution in [0.3, 0.4) is 0 Å². The van der Waals surface area contributed by atoms with Crippen LogP contribution in [-0.4, -0.2) is 15.9 Å². The number of rotatable bonds is 2. The Hall–Kier alpha value is -2.14. The number of H-pyrrole nitrogens is 1. The summed E-state index contributed by atoms with van der Waals surface area (Å²) in [7, 11) is 0. The zero-order valence-electron chi connectivity index (χ0n) is 10.7. The molecule has 5 heteroatoms. The maximum absolute atomic E-state index is 11.0. The van der Waals surface area contributed by atoms with E-state index < -0.39 is 0 Å². The molecule has 19 heavy (non-hydrogen) atoms.